The van der Waals surface area contributed by atoms with E-state index in [0.717, 1.165) is 23.3 Å². The van der Waals surface area contributed by atoms with Crippen LogP contribution in [-0.4, -0.2) is 5.11 Å². The molecule has 0 radical (unpaired) electrons. The second kappa shape index (κ2) is 9.58. The summed E-state index contributed by atoms with van der Waals surface area (Å²) in [6.45, 7) is 0.714. The Bertz CT molecular complexity index is 989. The van der Waals surface area contributed by atoms with Crippen LogP contribution in [0.25, 0.3) is 0 Å². The van der Waals surface area contributed by atoms with E-state index in [-0.39, 0.29) is 16.6 Å². The first kappa shape index (κ1) is 21.6. The molecule has 30 heavy (non-hydrogen) atoms. The second-order valence-corrected chi connectivity index (χ2v) is 6.85. The van der Waals surface area contributed by atoms with Crippen LogP contribution in [0.5, 0.6) is 5.75 Å². The lowest BCUT2D eigenvalue weighted by atomic mass is 10.2. The van der Waals surface area contributed by atoms with E-state index in [0.29, 0.717) is 18.9 Å². The molecule has 0 fully saturated rings. The molecule has 8 heteroatoms. The van der Waals surface area contributed by atoms with Crippen molar-refractivity contribution in [3.8, 4) is 5.75 Å². The number of hydrogen-bond acceptors (Lipinski definition) is 2. The molecule has 3 aromatic carbocycles. The molecule has 2 N–H and O–H groups in total. The Labute approximate surface area is 176 Å². The first-order valence-corrected chi connectivity index (χ1v) is 9.39. The molecule has 0 atom stereocenters. The molecule has 3 nitrogen and oxygen atoms in total. The minimum Gasteiger partial charge on any atom is -0.489 e. The van der Waals surface area contributed by atoms with Crippen molar-refractivity contribution >= 4 is 23.0 Å². The van der Waals surface area contributed by atoms with Gasteiger partial charge in [-0.2, -0.15) is 13.2 Å². The summed E-state index contributed by atoms with van der Waals surface area (Å²) in [6, 6.07) is 18.2. The molecule has 0 spiro atoms. The predicted octanol–water partition coefficient (Wildman–Crippen LogP) is 5.91. The van der Waals surface area contributed by atoms with Gasteiger partial charge in [0.05, 0.1) is 5.56 Å². The third-order valence-corrected chi connectivity index (χ3v) is 4.39. The van der Waals surface area contributed by atoms with Gasteiger partial charge in [0, 0.05) is 12.2 Å². The standard InChI is InChI=1S/C22H18F4N2OS/c23-18-8-4-16(5-9-18)14-29-20-10-6-15(7-11-20)13-27-21(30)28-19-3-1-2-17(12-19)22(24,25)26/h1-12H,13-14H2,(H2,27,28,30). The monoisotopic (exact) mass is 434 g/mol. The molecule has 156 valence electrons. The van der Waals surface area contributed by atoms with Crippen LogP contribution in [0.2, 0.25) is 0 Å². The molecule has 0 saturated heterocycles. The van der Waals surface area contributed by atoms with Gasteiger partial charge >= 0.3 is 6.18 Å². The van der Waals surface area contributed by atoms with Crippen LogP contribution in [0.1, 0.15) is 16.7 Å². The van der Waals surface area contributed by atoms with Crippen LogP contribution < -0.4 is 15.4 Å². The number of alkyl halides is 3. The van der Waals surface area contributed by atoms with Crippen molar-refractivity contribution in [2.24, 2.45) is 0 Å². The number of nitrogens with one attached hydrogen (secondary N) is 2. The average molecular weight is 434 g/mol. The Morgan fingerprint density at radius 1 is 0.900 bits per heavy atom. The number of anilines is 1. The van der Waals surface area contributed by atoms with Crippen molar-refractivity contribution < 1.29 is 22.3 Å². The van der Waals surface area contributed by atoms with Gasteiger partial charge in [-0.1, -0.05) is 30.3 Å². The summed E-state index contributed by atoms with van der Waals surface area (Å²) >= 11 is 5.15. The van der Waals surface area contributed by atoms with Crippen molar-refractivity contribution in [3.05, 3.63) is 95.3 Å². The summed E-state index contributed by atoms with van der Waals surface area (Å²) < 4.78 is 56.9. The molecule has 3 aromatic rings. The van der Waals surface area contributed by atoms with Gasteiger partial charge in [0.2, 0.25) is 0 Å². The van der Waals surface area contributed by atoms with Gasteiger partial charge in [-0.3, -0.25) is 0 Å². The third kappa shape index (κ3) is 6.45. The highest BCUT2D eigenvalue weighted by molar-refractivity contribution is 7.80. The zero-order valence-corrected chi connectivity index (χ0v) is 16.5. The van der Waals surface area contributed by atoms with E-state index < -0.39 is 11.7 Å². The topological polar surface area (TPSA) is 33.3 Å². The molecule has 0 bridgehead atoms. The maximum absolute atomic E-state index is 12.9. The number of hydrogen-bond donors (Lipinski definition) is 2. The fraction of sp³-hybridized carbons (Fsp3) is 0.136. The Hall–Kier alpha value is -3.13. The van der Waals surface area contributed by atoms with Gasteiger partial charge in [0.15, 0.2) is 5.11 Å². The molecule has 0 unspecified atom stereocenters. The summed E-state index contributed by atoms with van der Waals surface area (Å²) in [7, 11) is 0. The van der Waals surface area contributed by atoms with E-state index in [2.05, 4.69) is 10.6 Å². The predicted molar refractivity (Wildman–Crippen MR) is 112 cm³/mol. The number of ether oxygens (including phenoxy) is 1. The van der Waals surface area contributed by atoms with E-state index in [1.807, 2.05) is 12.1 Å². The summed E-state index contributed by atoms with van der Waals surface area (Å²) in [6.07, 6.45) is -4.41. The van der Waals surface area contributed by atoms with Crippen molar-refractivity contribution in [1.82, 2.24) is 5.32 Å². The van der Waals surface area contributed by atoms with Gasteiger partial charge < -0.3 is 15.4 Å². The normalized spacial score (nSPS) is 11.1. The molecule has 0 aromatic heterocycles. The van der Waals surface area contributed by atoms with Crippen molar-refractivity contribution in [1.29, 1.82) is 0 Å². The van der Waals surface area contributed by atoms with Crippen molar-refractivity contribution in [2.75, 3.05) is 5.32 Å². The Morgan fingerprint density at radius 3 is 2.23 bits per heavy atom. The third-order valence-electron chi connectivity index (χ3n) is 4.14. The first-order chi connectivity index (χ1) is 14.3. The maximum Gasteiger partial charge on any atom is 0.416 e. The molecular weight excluding hydrogens is 416 g/mol. The summed E-state index contributed by atoms with van der Waals surface area (Å²) in [5.74, 6) is 0.365. The van der Waals surface area contributed by atoms with Gasteiger partial charge in [-0.05, 0) is 65.8 Å². The van der Waals surface area contributed by atoms with Crippen LogP contribution in [0.15, 0.2) is 72.8 Å². The summed E-state index contributed by atoms with van der Waals surface area (Å²) in [4.78, 5) is 0. The van der Waals surface area contributed by atoms with E-state index in [4.69, 9.17) is 17.0 Å². The highest BCUT2D eigenvalue weighted by Gasteiger charge is 2.30. The van der Waals surface area contributed by atoms with Crippen LogP contribution in [0.4, 0.5) is 23.2 Å². The molecule has 0 amide bonds. The largest absolute Gasteiger partial charge is 0.489 e. The minimum atomic E-state index is -4.41. The Balaban J connectivity index is 1.47. The average Bonchev–Trinajstić information content (AvgIpc) is 2.72. The smallest absolute Gasteiger partial charge is 0.416 e. The highest BCUT2D eigenvalue weighted by atomic mass is 32.1. The van der Waals surface area contributed by atoms with E-state index in [1.165, 1.54) is 24.3 Å². The molecular formula is C22H18F4N2OS. The lowest BCUT2D eigenvalue weighted by Crippen LogP contribution is -2.28. The number of rotatable bonds is 6. The number of thiocarbonyl (C=S) groups is 1. The van der Waals surface area contributed by atoms with Crippen molar-refractivity contribution in [3.63, 3.8) is 0 Å². The Morgan fingerprint density at radius 2 is 1.57 bits per heavy atom. The number of benzene rings is 3. The van der Waals surface area contributed by atoms with E-state index in [9.17, 15) is 17.6 Å². The Kier molecular flexibility index (Phi) is 6.89. The van der Waals surface area contributed by atoms with E-state index in [1.54, 1.807) is 24.3 Å². The number of halogens is 4. The molecule has 0 heterocycles. The highest BCUT2D eigenvalue weighted by Crippen LogP contribution is 2.30. The summed E-state index contributed by atoms with van der Waals surface area (Å²) in [5.41, 5.74) is 1.28. The molecule has 0 saturated carbocycles. The lowest BCUT2D eigenvalue weighted by Gasteiger charge is -2.13. The second-order valence-electron chi connectivity index (χ2n) is 6.45. The van der Waals surface area contributed by atoms with Gasteiger partial charge in [0.25, 0.3) is 0 Å². The SMILES string of the molecule is Fc1ccc(COc2ccc(CNC(=S)Nc3cccc(C(F)(F)F)c3)cc2)cc1. The van der Waals surface area contributed by atoms with Crippen LogP contribution in [0.3, 0.4) is 0 Å². The summed E-state index contributed by atoms with van der Waals surface area (Å²) in [5, 5.41) is 5.91. The van der Waals surface area contributed by atoms with Gasteiger partial charge in [-0.25, -0.2) is 4.39 Å². The van der Waals surface area contributed by atoms with Crippen LogP contribution >= 0.6 is 12.2 Å². The first-order valence-electron chi connectivity index (χ1n) is 8.98. The van der Waals surface area contributed by atoms with Crippen molar-refractivity contribution in [2.45, 2.75) is 19.3 Å². The van der Waals surface area contributed by atoms with Crippen LogP contribution in [-0.2, 0) is 19.3 Å². The fourth-order valence-electron chi connectivity index (χ4n) is 2.58. The quantitative estimate of drug-likeness (QED) is 0.373. The minimum absolute atomic E-state index is 0.214. The molecule has 0 aliphatic carbocycles. The van der Waals surface area contributed by atoms with Crippen LogP contribution in [0, 0.1) is 5.82 Å². The fourth-order valence-corrected chi connectivity index (χ4v) is 2.77. The zero-order valence-electron chi connectivity index (χ0n) is 15.7. The lowest BCUT2D eigenvalue weighted by molar-refractivity contribution is -0.137. The molecule has 0 aliphatic rings. The zero-order chi connectivity index (χ0) is 21.6. The molecule has 3 rings (SSSR count). The van der Waals surface area contributed by atoms with E-state index >= 15 is 0 Å². The van der Waals surface area contributed by atoms with Gasteiger partial charge in [-0.15, -0.1) is 0 Å². The van der Waals surface area contributed by atoms with Gasteiger partial charge in [0.1, 0.15) is 18.2 Å². The maximum atomic E-state index is 12.9. The molecule has 0 aliphatic heterocycles.